The zero-order valence-corrected chi connectivity index (χ0v) is 24.7. The van der Waals surface area contributed by atoms with Gasteiger partial charge >= 0.3 is 0 Å². The number of pyridine rings is 1. The molecule has 5 rings (SSSR count). The van der Waals surface area contributed by atoms with Crippen molar-refractivity contribution in [2.24, 2.45) is 0 Å². The lowest BCUT2D eigenvalue weighted by atomic mass is 10.1. The van der Waals surface area contributed by atoms with Gasteiger partial charge < -0.3 is 24.0 Å². The van der Waals surface area contributed by atoms with Crippen LogP contribution in [0.1, 0.15) is 12.0 Å². The number of fused-ring (bicyclic) bond motifs is 1. The highest BCUT2D eigenvalue weighted by Crippen LogP contribution is 2.37. The van der Waals surface area contributed by atoms with Gasteiger partial charge in [-0.2, -0.15) is 0 Å². The van der Waals surface area contributed by atoms with Crippen LogP contribution >= 0.6 is 0 Å². The second kappa shape index (κ2) is 13.7. The Labute approximate surface area is 247 Å². The molecule has 0 spiro atoms. The third-order valence-electron chi connectivity index (χ3n) is 7.02. The molecule has 3 aromatic carbocycles. The van der Waals surface area contributed by atoms with E-state index < -0.39 is 10.0 Å². The van der Waals surface area contributed by atoms with Gasteiger partial charge in [-0.25, -0.2) is 8.42 Å². The van der Waals surface area contributed by atoms with E-state index in [0.717, 1.165) is 55.5 Å². The highest BCUT2D eigenvalue weighted by atomic mass is 32.2. The maximum Gasteiger partial charge on any atom is 0.255 e. The first kappa shape index (κ1) is 29.4. The van der Waals surface area contributed by atoms with Crippen LogP contribution in [-0.4, -0.2) is 76.7 Å². The van der Waals surface area contributed by atoms with Gasteiger partial charge in [0.05, 0.1) is 30.3 Å². The minimum Gasteiger partial charge on any atom is -0.493 e. The van der Waals surface area contributed by atoms with E-state index in [2.05, 4.69) is 26.6 Å². The summed E-state index contributed by atoms with van der Waals surface area (Å²) in [5.41, 5.74) is 1.87. The zero-order chi connectivity index (χ0) is 29.4. The van der Waals surface area contributed by atoms with Crippen molar-refractivity contribution in [1.29, 1.82) is 0 Å². The predicted octanol–water partition coefficient (Wildman–Crippen LogP) is 5.46. The Balaban J connectivity index is 1.25. The van der Waals surface area contributed by atoms with Gasteiger partial charge in [0.25, 0.3) is 10.0 Å². The summed E-state index contributed by atoms with van der Waals surface area (Å²) in [5.74, 6) is 2.25. The predicted molar refractivity (Wildman–Crippen MR) is 167 cm³/mol. The average Bonchev–Trinajstić information content (AvgIpc) is 2.99. The Hall–Kier alpha value is -4.12. The van der Waals surface area contributed by atoms with Crippen LogP contribution in [0.5, 0.6) is 23.0 Å². The number of rotatable bonds is 12. The SMILES string of the molecule is COc1cc2c(Oc3cccc(NS(=O)(=O)/C=C/c4ccccc4)c3)ccnc2cc1OCCCN1CCN(C)CC1. The molecule has 220 valence electrons. The summed E-state index contributed by atoms with van der Waals surface area (Å²) >= 11 is 0. The first-order chi connectivity index (χ1) is 20.4. The van der Waals surface area contributed by atoms with Crippen LogP contribution in [0.4, 0.5) is 5.69 Å². The van der Waals surface area contributed by atoms with E-state index >= 15 is 0 Å². The molecule has 1 fully saturated rings. The number of benzene rings is 3. The van der Waals surface area contributed by atoms with Gasteiger partial charge in [0.2, 0.25) is 0 Å². The van der Waals surface area contributed by atoms with Crippen molar-refractivity contribution in [3.05, 3.63) is 90.0 Å². The lowest BCUT2D eigenvalue weighted by Crippen LogP contribution is -2.44. The average molecular weight is 589 g/mol. The number of nitrogens with zero attached hydrogens (tertiary/aromatic N) is 3. The second-order valence-electron chi connectivity index (χ2n) is 10.2. The number of nitrogens with one attached hydrogen (secondary N) is 1. The van der Waals surface area contributed by atoms with Gasteiger partial charge in [-0.05, 0) is 49.4 Å². The molecule has 42 heavy (non-hydrogen) atoms. The highest BCUT2D eigenvalue weighted by Gasteiger charge is 2.15. The fourth-order valence-electron chi connectivity index (χ4n) is 4.71. The van der Waals surface area contributed by atoms with E-state index in [1.807, 2.05) is 42.5 Å². The monoisotopic (exact) mass is 588 g/mol. The molecule has 0 aliphatic carbocycles. The van der Waals surface area contributed by atoms with Gasteiger partial charge in [-0.1, -0.05) is 36.4 Å². The molecule has 2 heterocycles. The molecular weight excluding hydrogens is 552 g/mol. The molecule has 1 aromatic heterocycles. The number of ether oxygens (including phenoxy) is 3. The van der Waals surface area contributed by atoms with Crippen molar-refractivity contribution in [3.8, 4) is 23.0 Å². The normalized spacial score (nSPS) is 14.7. The van der Waals surface area contributed by atoms with Crippen molar-refractivity contribution >= 4 is 32.7 Å². The number of methoxy groups -OCH3 is 1. The fourth-order valence-corrected chi connectivity index (χ4v) is 5.57. The molecule has 0 bridgehead atoms. The summed E-state index contributed by atoms with van der Waals surface area (Å²) in [6, 6.07) is 21.5. The molecule has 10 heteroatoms. The molecule has 1 N–H and O–H groups in total. The number of likely N-dealkylation sites (N-methyl/N-ethyl adjacent to an activating group) is 1. The molecule has 0 saturated carbocycles. The number of hydrogen-bond acceptors (Lipinski definition) is 8. The van der Waals surface area contributed by atoms with E-state index in [1.165, 1.54) is 0 Å². The molecule has 0 unspecified atom stereocenters. The first-order valence-electron chi connectivity index (χ1n) is 13.9. The Bertz CT molecular complexity index is 1620. The summed E-state index contributed by atoms with van der Waals surface area (Å²) in [4.78, 5) is 9.33. The smallest absolute Gasteiger partial charge is 0.255 e. The van der Waals surface area contributed by atoms with Gasteiger partial charge in [-0.3, -0.25) is 9.71 Å². The molecule has 0 atom stereocenters. The zero-order valence-electron chi connectivity index (χ0n) is 23.9. The van der Waals surface area contributed by atoms with Gasteiger partial charge in [0.1, 0.15) is 11.5 Å². The van der Waals surface area contributed by atoms with Gasteiger partial charge in [0, 0.05) is 56.4 Å². The largest absolute Gasteiger partial charge is 0.493 e. The molecule has 9 nitrogen and oxygen atoms in total. The quantitative estimate of drug-likeness (QED) is 0.218. The summed E-state index contributed by atoms with van der Waals surface area (Å²) in [5, 5.41) is 1.89. The van der Waals surface area contributed by atoms with Crippen LogP contribution in [-0.2, 0) is 10.0 Å². The number of sulfonamides is 1. The van der Waals surface area contributed by atoms with Gasteiger partial charge in [0.15, 0.2) is 11.5 Å². The minimum absolute atomic E-state index is 0.383. The molecular formula is C32H36N4O5S. The third-order valence-corrected chi connectivity index (χ3v) is 8.03. The minimum atomic E-state index is -3.72. The molecule has 1 aliphatic rings. The van der Waals surface area contributed by atoms with Crippen LogP contribution in [0, 0.1) is 0 Å². The number of hydrogen-bond donors (Lipinski definition) is 1. The van der Waals surface area contributed by atoms with Crippen LogP contribution < -0.4 is 18.9 Å². The van der Waals surface area contributed by atoms with E-state index in [-0.39, 0.29) is 0 Å². The second-order valence-corrected chi connectivity index (χ2v) is 11.7. The van der Waals surface area contributed by atoms with Crippen LogP contribution in [0.3, 0.4) is 0 Å². The molecule has 0 amide bonds. The van der Waals surface area contributed by atoms with E-state index in [9.17, 15) is 8.42 Å². The lowest BCUT2D eigenvalue weighted by Gasteiger charge is -2.32. The maximum absolute atomic E-state index is 12.6. The Kier molecular flexibility index (Phi) is 9.58. The van der Waals surface area contributed by atoms with Crippen LogP contribution in [0.25, 0.3) is 17.0 Å². The van der Waals surface area contributed by atoms with E-state index in [0.29, 0.717) is 40.8 Å². The van der Waals surface area contributed by atoms with Gasteiger partial charge in [-0.15, -0.1) is 0 Å². The Morgan fingerprint density at radius 1 is 0.929 bits per heavy atom. The van der Waals surface area contributed by atoms with E-state index in [1.54, 1.807) is 49.7 Å². The molecule has 1 saturated heterocycles. The van der Waals surface area contributed by atoms with Crippen molar-refractivity contribution in [2.75, 3.05) is 58.2 Å². The van der Waals surface area contributed by atoms with Crippen LogP contribution in [0.2, 0.25) is 0 Å². The van der Waals surface area contributed by atoms with Crippen molar-refractivity contribution in [2.45, 2.75) is 6.42 Å². The standard InChI is InChI=1S/C32H36N4O5S/c1-35-16-18-36(19-17-35)15-7-20-40-32-24-29-28(23-31(32)39-2)30(12-14-33-29)41-27-11-6-10-26(22-27)34-42(37,38)21-13-25-8-4-3-5-9-25/h3-6,8-14,21-24,34H,7,15-20H2,1-2H3/b21-13+. The fraction of sp³-hybridized carbons (Fsp3) is 0.281. The first-order valence-corrected chi connectivity index (χ1v) is 15.5. The molecule has 0 radical (unpaired) electrons. The number of piperazine rings is 1. The van der Waals surface area contributed by atoms with Crippen LogP contribution in [0.15, 0.2) is 84.4 Å². The van der Waals surface area contributed by atoms with Crippen molar-refractivity contribution in [3.63, 3.8) is 0 Å². The Morgan fingerprint density at radius 3 is 2.52 bits per heavy atom. The number of anilines is 1. The van der Waals surface area contributed by atoms with Crippen molar-refractivity contribution in [1.82, 2.24) is 14.8 Å². The lowest BCUT2D eigenvalue weighted by molar-refractivity contribution is 0.145. The maximum atomic E-state index is 12.6. The van der Waals surface area contributed by atoms with E-state index in [4.69, 9.17) is 14.2 Å². The summed E-state index contributed by atoms with van der Waals surface area (Å²) in [7, 11) is 0.0453. The molecule has 4 aromatic rings. The topological polar surface area (TPSA) is 93.2 Å². The van der Waals surface area contributed by atoms with Crippen molar-refractivity contribution < 1.29 is 22.6 Å². The molecule has 1 aliphatic heterocycles. The third kappa shape index (κ3) is 8.00. The Morgan fingerprint density at radius 2 is 1.74 bits per heavy atom. The number of aromatic nitrogens is 1. The highest BCUT2D eigenvalue weighted by molar-refractivity contribution is 7.95. The summed E-state index contributed by atoms with van der Waals surface area (Å²) in [6.07, 6.45) is 4.14. The summed E-state index contributed by atoms with van der Waals surface area (Å²) < 4.78 is 45.8. The summed E-state index contributed by atoms with van der Waals surface area (Å²) in [6.45, 7) is 5.94.